The quantitative estimate of drug-likeness (QED) is 0.738. The molecule has 2 heteroatoms. The van der Waals surface area contributed by atoms with Gasteiger partial charge in [0.2, 0.25) is 0 Å². The van der Waals surface area contributed by atoms with E-state index in [0.29, 0.717) is 29.5 Å². The smallest absolute Gasteiger partial charge is 0.139 e. The fourth-order valence-corrected chi connectivity index (χ4v) is 6.26. The van der Waals surface area contributed by atoms with Crippen LogP contribution in [0.3, 0.4) is 0 Å². The Hall–Kier alpha value is -1.57. The lowest BCUT2D eigenvalue weighted by Gasteiger charge is -2.52. The van der Waals surface area contributed by atoms with Gasteiger partial charge in [-0.2, -0.15) is 0 Å². The first kappa shape index (κ1) is 15.9. The van der Waals surface area contributed by atoms with Gasteiger partial charge in [-0.15, -0.1) is 6.58 Å². The average Bonchev–Trinajstić information content (AvgIpc) is 2.97. The summed E-state index contributed by atoms with van der Waals surface area (Å²) in [4.78, 5) is 12.7. The monoisotopic (exact) mass is 324 g/mol. The second-order valence-corrected chi connectivity index (χ2v) is 7.97. The molecule has 0 aliphatic heterocycles. The molecule has 24 heavy (non-hydrogen) atoms. The van der Waals surface area contributed by atoms with Crippen LogP contribution in [0, 0.1) is 23.2 Å². The molecule has 1 aromatic carbocycles. The summed E-state index contributed by atoms with van der Waals surface area (Å²) in [5, 5.41) is 0. The molecule has 1 aromatic rings. The lowest BCUT2D eigenvalue weighted by atomic mass is 9.51. The number of carbonyl (C=O) groups is 1. The van der Waals surface area contributed by atoms with Crippen molar-refractivity contribution in [2.24, 2.45) is 23.2 Å². The summed E-state index contributed by atoms with van der Waals surface area (Å²) in [5.74, 6) is 3.69. The van der Waals surface area contributed by atoms with E-state index < -0.39 is 0 Å². The van der Waals surface area contributed by atoms with Crippen LogP contribution in [-0.4, -0.2) is 12.9 Å². The molecule has 3 aliphatic carbocycles. The van der Waals surface area contributed by atoms with Crippen LogP contribution in [0.15, 0.2) is 30.9 Å². The van der Waals surface area contributed by atoms with Gasteiger partial charge in [-0.25, -0.2) is 0 Å². The van der Waals surface area contributed by atoms with Crippen molar-refractivity contribution in [2.45, 2.75) is 51.4 Å². The highest BCUT2D eigenvalue weighted by molar-refractivity contribution is 5.87. The number of rotatable bonds is 3. The van der Waals surface area contributed by atoms with Crippen molar-refractivity contribution in [3.05, 3.63) is 42.0 Å². The maximum atomic E-state index is 12.7. The van der Waals surface area contributed by atoms with E-state index in [1.54, 1.807) is 7.11 Å². The van der Waals surface area contributed by atoms with Crippen molar-refractivity contribution in [3.8, 4) is 5.75 Å². The number of hydrogen-bond acceptors (Lipinski definition) is 2. The zero-order valence-corrected chi connectivity index (χ0v) is 14.9. The van der Waals surface area contributed by atoms with Gasteiger partial charge >= 0.3 is 0 Å². The molecule has 3 aliphatic rings. The van der Waals surface area contributed by atoms with Crippen LogP contribution in [0.5, 0.6) is 5.75 Å². The standard InChI is InChI=1S/C22H28O2/c1-4-14-12-15-13-16(24-3)6-7-17(15)18-10-11-22(5-2)19(21(14)18)8-9-20(22)23/h4,6-7,13-14,18-19,21H,1,5,8-12H2,2-3H3/t14-,18-,19+,21-,22?/m1/s1. The van der Waals surface area contributed by atoms with Gasteiger partial charge in [-0.05, 0) is 79.0 Å². The number of ether oxygens (including phenoxy) is 1. The molecular weight excluding hydrogens is 296 g/mol. The van der Waals surface area contributed by atoms with E-state index >= 15 is 0 Å². The molecule has 4 rings (SSSR count). The first-order valence-electron chi connectivity index (χ1n) is 9.47. The largest absolute Gasteiger partial charge is 0.497 e. The average molecular weight is 324 g/mol. The number of allylic oxidation sites excluding steroid dienone is 1. The molecule has 0 bridgehead atoms. The van der Waals surface area contributed by atoms with Gasteiger partial charge < -0.3 is 4.74 Å². The Kier molecular flexibility index (Phi) is 3.82. The van der Waals surface area contributed by atoms with Gasteiger partial charge in [0, 0.05) is 11.8 Å². The van der Waals surface area contributed by atoms with Crippen LogP contribution in [-0.2, 0) is 11.2 Å². The molecule has 0 amide bonds. The van der Waals surface area contributed by atoms with Gasteiger partial charge in [0.25, 0.3) is 0 Å². The van der Waals surface area contributed by atoms with Crippen molar-refractivity contribution in [2.75, 3.05) is 7.11 Å². The fraction of sp³-hybridized carbons (Fsp3) is 0.591. The number of Topliss-reactive ketones (excluding diaryl/α,β-unsaturated/α-hetero) is 1. The lowest BCUT2D eigenvalue weighted by Crippen LogP contribution is -2.46. The third-order valence-electron chi connectivity index (χ3n) is 7.41. The van der Waals surface area contributed by atoms with Crippen LogP contribution >= 0.6 is 0 Å². The topological polar surface area (TPSA) is 26.3 Å². The van der Waals surface area contributed by atoms with Gasteiger partial charge in [-0.3, -0.25) is 4.79 Å². The summed E-state index contributed by atoms with van der Waals surface area (Å²) in [6.07, 6.45) is 8.31. The summed E-state index contributed by atoms with van der Waals surface area (Å²) >= 11 is 0. The van der Waals surface area contributed by atoms with E-state index in [9.17, 15) is 4.79 Å². The molecule has 0 aromatic heterocycles. The van der Waals surface area contributed by atoms with E-state index in [2.05, 4.69) is 37.8 Å². The molecule has 128 valence electrons. The first-order chi connectivity index (χ1) is 11.6. The highest BCUT2D eigenvalue weighted by atomic mass is 16.5. The minimum absolute atomic E-state index is 0.0353. The van der Waals surface area contributed by atoms with Crippen molar-refractivity contribution < 1.29 is 9.53 Å². The molecule has 0 saturated heterocycles. The Bertz CT molecular complexity index is 677. The van der Waals surface area contributed by atoms with Crippen LogP contribution in [0.25, 0.3) is 0 Å². The maximum Gasteiger partial charge on any atom is 0.139 e. The van der Waals surface area contributed by atoms with Crippen LogP contribution in [0.2, 0.25) is 0 Å². The van der Waals surface area contributed by atoms with Crippen molar-refractivity contribution in [1.82, 2.24) is 0 Å². The van der Waals surface area contributed by atoms with Crippen LogP contribution < -0.4 is 4.74 Å². The summed E-state index contributed by atoms with van der Waals surface area (Å²) in [5.41, 5.74) is 2.89. The van der Waals surface area contributed by atoms with Crippen molar-refractivity contribution in [1.29, 1.82) is 0 Å². The van der Waals surface area contributed by atoms with E-state index in [0.717, 1.165) is 44.3 Å². The normalized spacial score (nSPS) is 37.3. The zero-order valence-electron chi connectivity index (χ0n) is 14.9. The number of ketones is 1. The molecule has 0 N–H and O–H groups in total. The Morgan fingerprint density at radius 2 is 2.21 bits per heavy atom. The van der Waals surface area contributed by atoms with Crippen LogP contribution in [0.1, 0.15) is 56.1 Å². The second kappa shape index (κ2) is 5.75. The summed E-state index contributed by atoms with van der Waals surface area (Å²) < 4.78 is 5.43. The van der Waals surface area contributed by atoms with E-state index in [1.165, 1.54) is 11.1 Å². The minimum Gasteiger partial charge on any atom is -0.497 e. The highest BCUT2D eigenvalue weighted by Gasteiger charge is 2.57. The molecule has 0 radical (unpaired) electrons. The predicted octanol–water partition coefficient (Wildman–Crippen LogP) is 4.92. The maximum absolute atomic E-state index is 12.7. The first-order valence-corrected chi connectivity index (χ1v) is 9.47. The molecule has 1 unspecified atom stereocenters. The predicted molar refractivity (Wildman–Crippen MR) is 96.3 cm³/mol. The zero-order chi connectivity index (χ0) is 16.9. The summed E-state index contributed by atoms with van der Waals surface area (Å²) in [7, 11) is 1.73. The third-order valence-corrected chi connectivity index (χ3v) is 7.41. The third kappa shape index (κ3) is 2.04. The second-order valence-electron chi connectivity index (χ2n) is 7.97. The van der Waals surface area contributed by atoms with Gasteiger partial charge in [-0.1, -0.05) is 19.1 Å². The van der Waals surface area contributed by atoms with Gasteiger partial charge in [0.15, 0.2) is 0 Å². The molecule has 2 fully saturated rings. The Morgan fingerprint density at radius 3 is 2.92 bits per heavy atom. The van der Waals surface area contributed by atoms with Crippen molar-refractivity contribution in [3.63, 3.8) is 0 Å². The molecule has 2 nitrogen and oxygen atoms in total. The SMILES string of the molecule is C=C[C@@H]1Cc2cc(OC)ccc2[C@H]2CCC3(CC)C(=O)CC[C@H]3[C@H]12. The number of carbonyl (C=O) groups excluding carboxylic acids is 1. The Balaban J connectivity index is 1.78. The summed E-state index contributed by atoms with van der Waals surface area (Å²) in [6, 6.07) is 6.59. The Labute approximate surface area is 145 Å². The van der Waals surface area contributed by atoms with E-state index in [-0.39, 0.29) is 5.41 Å². The molecule has 2 saturated carbocycles. The minimum atomic E-state index is -0.0353. The highest BCUT2D eigenvalue weighted by Crippen LogP contribution is 2.62. The van der Waals surface area contributed by atoms with Gasteiger partial charge in [0.1, 0.15) is 11.5 Å². The van der Waals surface area contributed by atoms with E-state index in [4.69, 9.17) is 4.74 Å². The van der Waals surface area contributed by atoms with E-state index in [1.807, 2.05) is 0 Å². The Morgan fingerprint density at radius 1 is 1.38 bits per heavy atom. The van der Waals surface area contributed by atoms with Gasteiger partial charge in [0.05, 0.1) is 7.11 Å². The number of hydrogen-bond donors (Lipinski definition) is 0. The summed E-state index contributed by atoms with van der Waals surface area (Å²) in [6.45, 7) is 6.38. The van der Waals surface area contributed by atoms with Crippen molar-refractivity contribution >= 4 is 5.78 Å². The number of fused-ring (bicyclic) bond motifs is 5. The number of methoxy groups -OCH3 is 1. The molecule has 0 spiro atoms. The molecule has 0 heterocycles. The molecule has 5 atom stereocenters. The fourth-order valence-electron chi connectivity index (χ4n) is 6.26. The lowest BCUT2D eigenvalue weighted by molar-refractivity contribution is -0.131. The van der Waals surface area contributed by atoms with Crippen LogP contribution in [0.4, 0.5) is 0 Å². The number of benzene rings is 1. The molecular formula is C22H28O2.